The molecule has 26 heavy (non-hydrogen) atoms. The number of carbonyl (C=O) groups is 1. The number of nitrogens with one attached hydrogen (secondary N) is 1. The maximum Gasteiger partial charge on any atom is 0.332 e. The highest BCUT2D eigenvalue weighted by Gasteiger charge is 2.45. The number of hydrogen-bond donors (Lipinski definition) is 4. The number of hydrogen-bond acceptors (Lipinski definition) is 5. The third-order valence-corrected chi connectivity index (χ3v) is 5.04. The molecule has 6 nitrogen and oxygen atoms in total. The maximum absolute atomic E-state index is 10.5. The van der Waals surface area contributed by atoms with Gasteiger partial charge in [-0.05, 0) is 43.4 Å². The van der Waals surface area contributed by atoms with Crippen LogP contribution in [0.5, 0.6) is 0 Å². The van der Waals surface area contributed by atoms with Gasteiger partial charge >= 0.3 is 5.97 Å². The van der Waals surface area contributed by atoms with Gasteiger partial charge < -0.3 is 15.3 Å². The van der Waals surface area contributed by atoms with Crippen LogP contribution < -0.4 is 5.48 Å². The van der Waals surface area contributed by atoms with Gasteiger partial charge in [-0.3, -0.25) is 10.3 Å². The SMILES string of the molecule is Cc1ccc(C(O)C#CC2CC3=C(NOCC(=O)O)CC3C2O)c(C)c1. The molecule has 0 bridgehead atoms. The molecular weight excluding hydrogens is 334 g/mol. The Kier molecular flexibility index (Phi) is 5.33. The lowest BCUT2D eigenvalue weighted by Gasteiger charge is -2.30. The van der Waals surface area contributed by atoms with Crippen LogP contribution >= 0.6 is 0 Å². The number of aryl methyl sites for hydroxylation is 2. The first-order chi connectivity index (χ1) is 12.4. The summed E-state index contributed by atoms with van der Waals surface area (Å²) in [7, 11) is 0. The molecule has 4 unspecified atom stereocenters. The minimum atomic E-state index is -1.05. The summed E-state index contributed by atoms with van der Waals surface area (Å²) in [5.74, 6) is 4.63. The zero-order chi connectivity index (χ0) is 18.8. The first-order valence-corrected chi connectivity index (χ1v) is 8.62. The average molecular weight is 357 g/mol. The number of fused-ring (bicyclic) bond motifs is 1. The number of allylic oxidation sites excluding steroid dienone is 1. The van der Waals surface area contributed by atoms with Gasteiger partial charge in [0.2, 0.25) is 0 Å². The maximum atomic E-state index is 10.5. The predicted molar refractivity (Wildman–Crippen MR) is 94.6 cm³/mol. The summed E-state index contributed by atoms with van der Waals surface area (Å²) in [5, 5.41) is 29.3. The number of aliphatic hydroxyl groups is 2. The minimum Gasteiger partial charge on any atom is -0.479 e. The second-order valence-corrected chi connectivity index (χ2v) is 6.95. The van der Waals surface area contributed by atoms with E-state index in [-0.39, 0.29) is 11.8 Å². The van der Waals surface area contributed by atoms with Gasteiger partial charge in [-0.1, -0.05) is 35.6 Å². The molecule has 0 aromatic heterocycles. The lowest BCUT2D eigenvalue weighted by molar-refractivity contribution is -0.144. The summed E-state index contributed by atoms with van der Waals surface area (Å²) in [6.07, 6.45) is -0.245. The van der Waals surface area contributed by atoms with Crippen molar-refractivity contribution in [3.8, 4) is 11.8 Å². The molecule has 1 saturated carbocycles. The molecular formula is C20H23NO5. The Bertz CT molecular complexity index is 804. The Morgan fingerprint density at radius 2 is 2.15 bits per heavy atom. The van der Waals surface area contributed by atoms with Crippen LogP contribution in [0.25, 0.3) is 0 Å². The van der Waals surface area contributed by atoms with Crippen molar-refractivity contribution in [3.05, 3.63) is 46.2 Å². The molecule has 1 aromatic carbocycles. The van der Waals surface area contributed by atoms with E-state index in [1.54, 1.807) is 0 Å². The van der Waals surface area contributed by atoms with Gasteiger partial charge in [0.25, 0.3) is 0 Å². The third kappa shape index (κ3) is 3.75. The number of benzene rings is 1. The molecule has 1 aromatic rings. The summed E-state index contributed by atoms with van der Waals surface area (Å²) in [6, 6.07) is 5.83. The van der Waals surface area contributed by atoms with E-state index in [0.717, 1.165) is 28.0 Å². The van der Waals surface area contributed by atoms with Gasteiger partial charge in [0.15, 0.2) is 6.61 Å². The fourth-order valence-electron chi connectivity index (χ4n) is 3.63. The van der Waals surface area contributed by atoms with Crippen LogP contribution in [0.2, 0.25) is 0 Å². The average Bonchev–Trinajstić information content (AvgIpc) is 2.80. The second kappa shape index (κ2) is 7.50. The molecule has 0 amide bonds. The first-order valence-electron chi connectivity index (χ1n) is 8.62. The quantitative estimate of drug-likeness (QED) is 0.472. The summed E-state index contributed by atoms with van der Waals surface area (Å²) in [6.45, 7) is 3.52. The van der Waals surface area contributed by atoms with E-state index in [1.165, 1.54) is 0 Å². The van der Waals surface area contributed by atoms with Crippen LogP contribution in [0.4, 0.5) is 0 Å². The first kappa shape index (κ1) is 18.5. The van der Waals surface area contributed by atoms with E-state index in [0.29, 0.717) is 12.8 Å². The second-order valence-electron chi connectivity index (χ2n) is 6.95. The summed E-state index contributed by atoms with van der Waals surface area (Å²) >= 11 is 0. The molecule has 0 saturated heterocycles. The molecule has 4 N–H and O–H groups in total. The number of aliphatic carboxylic acids is 1. The molecule has 6 heteroatoms. The van der Waals surface area contributed by atoms with Gasteiger partial charge in [-0.2, -0.15) is 0 Å². The third-order valence-electron chi connectivity index (χ3n) is 5.04. The van der Waals surface area contributed by atoms with E-state index < -0.39 is 24.8 Å². The lowest BCUT2D eigenvalue weighted by atomic mass is 9.83. The molecule has 2 aliphatic carbocycles. The van der Waals surface area contributed by atoms with Crippen molar-refractivity contribution in [3.63, 3.8) is 0 Å². The van der Waals surface area contributed by atoms with Crippen molar-refractivity contribution >= 4 is 5.97 Å². The van der Waals surface area contributed by atoms with Crippen molar-refractivity contribution in [1.29, 1.82) is 0 Å². The fourth-order valence-corrected chi connectivity index (χ4v) is 3.63. The summed E-state index contributed by atoms with van der Waals surface area (Å²) in [4.78, 5) is 15.4. The van der Waals surface area contributed by atoms with E-state index >= 15 is 0 Å². The van der Waals surface area contributed by atoms with Crippen LogP contribution in [0.1, 0.15) is 35.6 Å². The van der Waals surface area contributed by atoms with Crippen LogP contribution in [0.15, 0.2) is 29.5 Å². The molecule has 3 rings (SSSR count). The Morgan fingerprint density at radius 1 is 1.38 bits per heavy atom. The zero-order valence-electron chi connectivity index (χ0n) is 14.8. The topological polar surface area (TPSA) is 99.0 Å². The van der Waals surface area contributed by atoms with Crippen LogP contribution in [0.3, 0.4) is 0 Å². The normalized spacial score (nSPS) is 25.0. The highest BCUT2D eigenvalue weighted by atomic mass is 16.7. The Hall–Kier alpha value is -2.33. The van der Waals surface area contributed by atoms with Crippen LogP contribution in [-0.4, -0.2) is 34.0 Å². The van der Waals surface area contributed by atoms with Gasteiger partial charge in [-0.25, -0.2) is 4.79 Å². The van der Waals surface area contributed by atoms with Crippen molar-refractivity contribution < 1.29 is 25.0 Å². The molecule has 0 spiro atoms. The Morgan fingerprint density at radius 3 is 2.85 bits per heavy atom. The predicted octanol–water partition coefficient (Wildman–Crippen LogP) is 1.60. The molecule has 0 aliphatic heterocycles. The van der Waals surface area contributed by atoms with Crippen molar-refractivity contribution in [2.24, 2.45) is 11.8 Å². The fraction of sp³-hybridized carbons (Fsp3) is 0.450. The molecule has 0 heterocycles. The largest absolute Gasteiger partial charge is 0.479 e. The highest BCUT2D eigenvalue weighted by molar-refractivity contribution is 5.67. The van der Waals surface area contributed by atoms with E-state index in [1.807, 2.05) is 32.0 Å². The van der Waals surface area contributed by atoms with Gasteiger partial charge in [0, 0.05) is 11.6 Å². The Balaban J connectivity index is 1.64. The van der Waals surface area contributed by atoms with E-state index in [2.05, 4.69) is 17.3 Å². The van der Waals surface area contributed by atoms with E-state index in [9.17, 15) is 15.0 Å². The van der Waals surface area contributed by atoms with Crippen LogP contribution in [-0.2, 0) is 9.63 Å². The molecule has 2 aliphatic rings. The number of hydroxylamine groups is 1. The number of rotatable bonds is 5. The van der Waals surface area contributed by atoms with Crippen molar-refractivity contribution in [2.45, 2.75) is 38.9 Å². The molecule has 4 atom stereocenters. The number of carboxylic acids is 1. The highest BCUT2D eigenvalue weighted by Crippen LogP contribution is 2.48. The number of aliphatic hydroxyl groups excluding tert-OH is 2. The zero-order valence-corrected chi connectivity index (χ0v) is 14.8. The standard InChI is InChI=1S/C20H23NO5/c1-11-3-5-14(12(2)7-11)18(22)6-4-13-8-15-16(20(13)25)9-17(15)21-26-10-19(23)24/h3,5,7,13,16,18,20-22,25H,8-10H2,1-2H3,(H,23,24). The van der Waals surface area contributed by atoms with Gasteiger partial charge in [-0.15, -0.1) is 0 Å². The molecule has 0 radical (unpaired) electrons. The Labute approximate surface area is 152 Å². The molecule has 1 fully saturated rings. The minimum absolute atomic E-state index is 0.0310. The summed E-state index contributed by atoms with van der Waals surface area (Å²) < 4.78 is 0. The molecule has 138 valence electrons. The van der Waals surface area contributed by atoms with Gasteiger partial charge in [0.1, 0.15) is 6.10 Å². The smallest absolute Gasteiger partial charge is 0.332 e. The van der Waals surface area contributed by atoms with Crippen molar-refractivity contribution in [1.82, 2.24) is 5.48 Å². The summed E-state index contributed by atoms with van der Waals surface area (Å²) in [5.41, 5.74) is 7.42. The lowest BCUT2D eigenvalue weighted by Crippen LogP contribution is -2.32. The number of carboxylic acid groups (broad SMARTS) is 1. The van der Waals surface area contributed by atoms with Gasteiger partial charge in [0.05, 0.1) is 12.0 Å². The van der Waals surface area contributed by atoms with Crippen molar-refractivity contribution in [2.75, 3.05) is 6.61 Å². The van der Waals surface area contributed by atoms with Crippen LogP contribution in [0, 0.1) is 37.5 Å². The van der Waals surface area contributed by atoms with E-state index in [4.69, 9.17) is 9.94 Å². The monoisotopic (exact) mass is 357 g/mol.